The fourth-order valence-corrected chi connectivity index (χ4v) is 3.86. The van der Waals surface area contributed by atoms with Gasteiger partial charge >= 0.3 is 12.0 Å². The molecule has 0 aliphatic carbocycles. The van der Waals surface area contributed by atoms with Crippen molar-refractivity contribution in [2.45, 2.75) is 18.2 Å². The quantitative estimate of drug-likeness (QED) is 0.387. The first-order chi connectivity index (χ1) is 15.6. The molecule has 2 N–H and O–H groups in total. The number of esters is 1. The van der Waals surface area contributed by atoms with Gasteiger partial charge in [0, 0.05) is 11.4 Å². The van der Waals surface area contributed by atoms with Crippen LogP contribution in [0, 0.1) is 0 Å². The molecule has 11 heteroatoms. The number of ether oxygens (including phenoxy) is 2. The van der Waals surface area contributed by atoms with E-state index in [1.54, 1.807) is 50.4 Å². The Morgan fingerprint density at radius 2 is 2.03 bits per heavy atom. The number of urea groups is 1. The van der Waals surface area contributed by atoms with E-state index in [-0.39, 0.29) is 23.5 Å². The minimum Gasteiger partial charge on any atom is -0.497 e. The van der Waals surface area contributed by atoms with Crippen LogP contribution in [-0.4, -0.2) is 41.7 Å². The number of hydrogen-bond acceptors (Lipinski definition) is 9. The molecule has 0 radical (unpaired) electrons. The predicted molar refractivity (Wildman–Crippen MR) is 114 cm³/mol. The first-order valence-electron chi connectivity index (χ1n) is 9.70. The lowest BCUT2D eigenvalue weighted by Crippen LogP contribution is -2.46. The van der Waals surface area contributed by atoms with E-state index in [2.05, 4.69) is 20.8 Å². The summed E-state index contributed by atoms with van der Waals surface area (Å²) in [6, 6.07) is 9.38. The van der Waals surface area contributed by atoms with E-state index >= 15 is 0 Å². The molecule has 2 aromatic heterocycles. The zero-order valence-electron chi connectivity index (χ0n) is 17.3. The molecule has 1 atom stereocenters. The van der Waals surface area contributed by atoms with Crippen LogP contribution in [0.4, 0.5) is 4.79 Å². The molecule has 10 nitrogen and oxygen atoms in total. The maximum Gasteiger partial charge on any atom is 0.338 e. The zero-order chi connectivity index (χ0) is 22.5. The monoisotopic (exact) mass is 456 g/mol. The molecule has 3 heterocycles. The number of carbonyl (C=O) groups is 2. The van der Waals surface area contributed by atoms with E-state index in [0.29, 0.717) is 28.3 Å². The molecule has 2 amide bonds. The van der Waals surface area contributed by atoms with Gasteiger partial charge in [-0.3, -0.25) is 0 Å². The summed E-state index contributed by atoms with van der Waals surface area (Å²) >= 11 is 1.18. The van der Waals surface area contributed by atoms with Gasteiger partial charge in [0.25, 0.3) is 11.1 Å². The Morgan fingerprint density at radius 3 is 2.72 bits per heavy atom. The van der Waals surface area contributed by atoms with E-state index in [1.165, 1.54) is 18.0 Å². The molecular weight excluding hydrogens is 436 g/mol. The summed E-state index contributed by atoms with van der Waals surface area (Å²) in [7, 11) is 1.56. The molecule has 1 aromatic carbocycles. The van der Waals surface area contributed by atoms with Gasteiger partial charge in [0.05, 0.1) is 31.6 Å². The topological polar surface area (TPSA) is 129 Å². The smallest absolute Gasteiger partial charge is 0.338 e. The fourth-order valence-electron chi connectivity index (χ4n) is 3.13. The zero-order valence-corrected chi connectivity index (χ0v) is 18.1. The van der Waals surface area contributed by atoms with Gasteiger partial charge in [-0.15, -0.1) is 10.2 Å². The first-order valence-corrected chi connectivity index (χ1v) is 10.7. The summed E-state index contributed by atoms with van der Waals surface area (Å²) in [4.78, 5) is 25.2. The molecule has 166 valence electrons. The van der Waals surface area contributed by atoms with Crippen LogP contribution in [-0.2, 0) is 9.53 Å². The van der Waals surface area contributed by atoms with Crippen molar-refractivity contribution in [3.8, 4) is 17.4 Å². The van der Waals surface area contributed by atoms with Gasteiger partial charge in [-0.2, -0.15) is 0 Å². The number of benzene rings is 1. The molecular formula is C21H20N4O6S. The highest BCUT2D eigenvalue weighted by Crippen LogP contribution is 2.32. The number of nitrogens with zero attached hydrogens (tertiary/aromatic N) is 2. The SMILES string of the molecule is CCOC(=O)C1=C(CSc2nnc(-c3ccco3)o2)NC(=O)N[C@@H]1c1ccc(OC)cc1. The van der Waals surface area contributed by atoms with Crippen molar-refractivity contribution in [2.75, 3.05) is 19.5 Å². The van der Waals surface area contributed by atoms with Crippen LogP contribution in [0.25, 0.3) is 11.7 Å². The summed E-state index contributed by atoms with van der Waals surface area (Å²) < 4.78 is 21.3. The highest BCUT2D eigenvalue weighted by atomic mass is 32.2. The summed E-state index contributed by atoms with van der Waals surface area (Å²) in [5.74, 6) is 1.02. The molecule has 3 aromatic rings. The molecule has 0 unspecified atom stereocenters. The second-order valence-corrected chi connectivity index (χ2v) is 7.48. The summed E-state index contributed by atoms with van der Waals surface area (Å²) in [5, 5.41) is 13.7. The average molecular weight is 456 g/mol. The molecule has 1 aliphatic heterocycles. The number of nitrogens with one attached hydrogen (secondary N) is 2. The number of hydrogen-bond donors (Lipinski definition) is 2. The number of amides is 2. The van der Waals surface area contributed by atoms with Crippen LogP contribution in [0.2, 0.25) is 0 Å². The van der Waals surface area contributed by atoms with Crippen molar-refractivity contribution in [1.29, 1.82) is 0 Å². The van der Waals surface area contributed by atoms with Gasteiger partial charge in [-0.1, -0.05) is 23.9 Å². The minimum absolute atomic E-state index is 0.197. The van der Waals surface area contributed by atoms with E-state index in [9.17, 15) is 9.59 Å². The van der Waals surface area contributed by atoms with E-state index in [1.807, 2.05) is 0 Å². The number of furan rings is 1. The molecule has 0 bridgehead atoms. The lowest BCUT2D eigenvalue weighted by atomic mass is 9.95. The van der Waals surface area contributed by atoms with E-state index < -0.39 is 18.0 Å². The molecule has 4 rings (SSSR count). The maximum atomic E-state index is 12.8. The second kappa shape index (κ2) is 9.60. The Balaban J connectivity index is 1.62. The third kappa shape index (κ3) is 4.62. The van der Waals surface area contributed by atoms with Gasteiger partial charge in [-0.05, 0) is 36.8 Å². The summed E-state index contributed by atoms with van der Waals surface area (Å²) in [6.07, 6.45) is 1.51. The molecule has 0 spiro atoms. The molecule has 1 aliphatic rings. The molecule has 0 saturated heterocycles. The van der Waals surface area contributed by atoms with Crippen LogP contribution in [0.1, 0.15) is 18.5 Å². The second-order valence-electron chi connectivity index (χ2n) is 6.56. The Hall–Kier alpha value is -3.73. The van der Waals surface area contributed by atoms with Crippen molar-refractivity contribution in [1.82, 2.24) is 20.8 Å². The number of carbonyl (C=O) groups excluding carboxylic acids is 2. The highest BCUT2D eigenvalue weighted by Gasteiger charge is 2.34. The molecule has 32 heavy (non-hydrogen) atoms. The van der Waals surface area contributed by atoms with Crippen LogP contribution >= 0.6 is 11.8 Å². The number of methoxy groups -OCH3 is 1. The van der Waals surface area contributed by atoms with Crippen LogP contribution < -0.4 is 15.4 Å². The number of aromatic nitrogens is 2. The lowest BCUT2D eigenvalue weighted by molar-refractivity contribution is -0.139. The third-order valence-corrected chi connectivity index (χ3v) is 5.42. The van der Waals surface area contributed by atoms with Crippen molar-refractivity contribution in [3.63, 3.8) is 0 Å². The predicted octanol–water partition coefficient (Wildman–Crippen LogP) is 3.30. The van der Waals surface area contributed by atoms with Crippen LogP contribution in [0.5, 0.6) is 5.75 Å². The number of thioether (sulfide) groups is 1. The van der Waals surface area contributed by atoms with Gasteiger partial charge in [-0.25, -0.2) is 9.59 Å². The minimum atomic E-state index is -0.689. The lowest BCUT2D eigenvalue weighted by Gasteiger charge is -2.29. The fraction of sp³-hybridized carbons (Fsp3) is 0.238. The van der Waals surface area contributed by atoms with Gasteiger partial charge < -0.3 is 28.9 Å². The van der Waals surface area contributed by atoms with Gasteiger partial charge in [0.15, 0.2) is 5.76 Å². The Morgan fingerprint density at radius 1 is 1.22 bits per heavy atom. The largest absolute Gasteiger partial charge is 0.497 e. The summed E-state index contributed by atoms with van der Waals surface area (Å²) in [6.45, 7) is 1.92. The van der Waals surface area contributed by atoms with Crippen LogP contribution in [0.15, 0.2) is 68.0 Å². The molecule has 0 saturated carbocycles. The Bertz CT molecular complexity index is 1120. The highest BCUT2D eigenvalue weighted by molar-refractivity contribution is 7.99. The third-order valence-electron chi connectivity index (χ3n) is 4.58. The maximum absolute atomic E-state index is 12.8. The van der Waals surface area contributed by atoms with Gasteiger partial charge in [0.2, 0.25) is 0 Å². The normalized spacial score (nSPS) is 15.8. The van der Waals surface area contributed by atoms with Crippen molar-refractivity contribution in [2.24, 2.45) is 0 Å². The van der Waals surface area contributed by atoms with Crippen molar-refractivity contribution >= 4 is 23.8 Å². The first kappa shape index (κ1) is 21.5. The van der Waals surface area contributed by atoms with Crippen LogP contribution in [0.3, 0.4) is 0 Å². The van der Waals surface area contributed by atoms with E-state index in [0.717, 1.165) is 0 Å². The Labute approximate surface area is 187 Å². The van der Waals surface area contributed by atoms with Gasteiger partial charge in [0.1, 0.15) is 5.75 Å². The van der Waals surface area contributed by atoms with Crippen molar-refractivity contribution < 1.29 is 27.9 Å². The Kier molecular flexibility index (Phi) is 6.45. The van der Waals surface area contributed by atoms with Crippen molar-refractivity contribution in [3.05, 3.63) is 59.5 Å². The van der Waals surface area contributed by atoms with E-state index in [4.69, 9.17) is 18.3 Å². The molecule has 0 fully saturated rings. The summed E-state index contributed by atoms with van der Waals surface area (Å²) in [5.41, 5.74) is 1.41. The standard InChI is InChI=1S/C21H20N4O6S/c1-3-29-19(26)16-14(11-32-21-25-24-18(31-21)15-5-4-10-30-15)22-20(27)23-17(16)12-6-8-13(28-2)9-7-12/h4-10,17H,3,11H2,1-2H3,(H2,22,23,27)/t17-/m1/s1. The average Bonchev–Trinajstić information content (AvgIpc) is 3.49. The number of rotatable bonds is 8.